The second-order valence-electron chi connectivity index (χ2n) is 6.93. The lowest BCUT2D eigenvalue weighted by molar-refractivity contribution is -0.121. The van der Waals surface area contributed by atoms with Crippen molar-refractivity contribution < 1.29 is 14.3 Å². The fourth-order valence-electron chi connectivity index (χ4n) is 3.16. The summed E-state index contributed by atoms with van der Waals surface area (Å²) in [5.74, 6) is 1.19. The summed E-state index contributed by atoms with van der Waals surface area (Å²) in [5, 5.41) is 3.40. The minimum absolute atomic E-state index is 0.154. The Bertz CT molecular complexity index is 999. The van der Waals surface area contributed by atoms with Crippen LogP contribution in [0.1, 0.15) is 11.6 Å². The van der Waals surface area contributed by atoms with Gasteiger partial charge in [0, 0.05) is 16.7 Å². The molecule has 0 bridgehead atoms. The largest absolute Gasteiger partial charge is 0.495 e. The van der Waals surface area contributed by atoms with Gasteiger partial charge in [-0.15, -0.1) is 0 Å². The van der Waals surface area contributed by atoms with Gasteiger partial charge in [0.1, 0.15) is 24.1 Å². The minimum atomic E-state index is -0.490. The van der Waals surface area contributed by atoms with Gasteiger partial charge in [-0.2, -0.15) is 0 Å². The Morgan fingerprint density at radius 2 is 1.81 bits per heavy atom. The summed E-state index contributed by atoms with van der Waals surface area (Å²) < 4.78 is 12.0. The molecule has 0 spiro atoms. The van der Waals surface area contributed by atoms with Gasteiger partial charge >= 0.3 is 0 Å². The number of hydrogen-bond acceptors (Lipinski definition) is 4. The Morgan fingerprint density at radius 1 is 1.10 bits per heavy atom. The number of rotatable bonds is 9. The van der Waals surface area contributed by atoms with Crippen LogP contribution in [0.2, 0.25) is 5.02 Å². The van der Waals surface area contributed by atoms with E-state index < -0.39 is 6.04 Å². The number of amides is 1. The zero-order valence-electron chi connectivity index (χ0n) is 17.3. The Kier molecular flexibility index (Phi) is 8.35. The van der Waals surface area contributed by atoms with E-state index in [1.807, 2.05) is 66.5 Å². The Labute approximate surface area is 196 Å². The van der Waals surface area contributed by atoms with Crippen molar-refractivity contribution in [1.29, 1.82) is 0 Å². The highest BCUT2D eigenvalue weighted by Gasteiger charge is 2.25. The number of benzene rings is 3. The fraction of sp³-hybridized carbons (Fsp3) is 0.208. The van der Waals surface area contributed by atoms with Gasteiger partial charge in [0.15, 0.2) is 0 Å². The topological polar surface area (TPSA) is 50.8 Å². The first-order valence-corrected chi connectivity index (χ1v) is 10.9. The van der Waals surface area contributed by atoms with Crippen LogP contribution in [0.5, 0.6) is 11.5 Å². The van der Waals surface area contributed by atoms with Gasteiger partial charge in [-0.1, -0.05) is 57.9 Å². The molecule has 0 radical (unpaired) electrons. The molecule has 0 heterocycles. The third-order valence-corrected chi connectivity index (χ3v) is 5.57. The highest BCUT2D eigenvalue weighted by atomic mass is 79.9. The fourth-order valence-corrected chi connectivity index (χ4v) is 3.69. The molecule has 3 aromatic carbocycles. The number of hydrogen-bond donors (Lipinski definition) is 1. The molecule has 162 valence electrons. The van der Waals surface area contributed by atoms with Crippen LogP contribution in [0.3, 0.4) is 0 Å². The van der Waals surface area contributed by atoms with Crippen molar-refractivity contribution in [3.8, 4) is 11.5 Å². The van der Waals surface area contributed by atoms with Crippen LogP contribution in [-0.2, 0) is 4.79 Å². The van der Waals surface area contributed by atoms with Crippen LogP contribution in [0, 0.1) is 0 Å². The monoisotopic (exact) mass is 502 g/mol. The van der Waals surface area contributed by atoms with E-state index in [0.29, 0.717) is 29.6 Å². The first-order valence-electron chi connectivity index (χ1n) is 9.76. The van der Waals surface area contributed by atoms with Gasteiger partial charge in [-0.25, -0.2) is 0 Å². The molecule has 0 unspecified atom stereocenters. The van der Waals surface area contributed by atoms with E-state index in [1.54, 1.807) is 25.3 Å². The van der Waals surface area contributed by atoms with Crippen LogP contribution in [-0.4, -0.2) is 38.1 Å². The van der Waals surface area contributed by atoms with Gasteiger partial charge < -0.3 is 14.8 Å². The summed E-state index contributed by atoms with van der Waals surface area (Å²) in [6, 6.07) is 22.0. The van der Waals surface area contributed by atoms with E-state index >= 15 is 0 Å². The Morgan fingerprint density at radius 3 is 2.45 bits per heavy atom. The summed E-state index contributed by atoms with van der Waals surface area (Å²) >= 11 is 9.62. The number of nitrogens with one attached hydrogen (secondary N) is 1. The normalized spacial score (nSPS) is 11.8. The number of anilines is 1. The quantitative estimate of drug-likeness (QED) is 0.401. The molecule has 1 N–H and O–H groups in total. The van der Waals surface area contributed by atoms with Crippen LogP contribution in [0.15, 0.2) is 77.3 Å². The van der Waals surface area contributed by atoms with Crippen molar-refractivity contribution in [2.75, 3.05) is 32.6 Å². The number of ether oxygens (including phenoxy) is 2. The van der Waals surface area contributed by atoms with Gasteiger partial charge in [-0.05, 0) is 55.1 Å². The smallest absolute Gasteiger partial charge is 0.246 e. The molecule has 0 aliphatic rings. The number of halogens is 2. The third kappa shape index (κ3) is 6.47. The predicted octanol–water partition coefficient (Wildman–Crippen LogP) is 5.80. The summed E-state index contributed by atoms with van der Waals surface area (Å²) in [6.07, 6.45) is 0. The number of nitrogens with zero attached hydrogens (tertiary/aromatic N) is 1. The molecule has 0 aliphatic heterocycles. The van der Waals surface area contributed by atoms with Crippen molar-refractivity contribution in [3.05, 3.63) is 87.9 Å². The molecule has 0 saturated heterocycles. The van der Waals surface area contributed by atoms with Gasteiger partial charge in [0.25, 0.3) is 0 Å². The van der Waals surface area contributed by atoms with Crippen LogP contribution in [0.25, 0.3) is 0 Å². The molecule has 1 amide bonds. The zero-order chi connectivity index (χ0) is 22.2. The molecule has 0 saturated carbocycles. The number of carbonyl (C=O) groups excluding carboxylic acids is 1. The summed E-state index contributed by atoms with van der Waals surface area (Å²) in [5.41, 5.74) is 1.50. The molecular formula is C24H24BrClN2O3. The zero-order valence-corrected chi connectivity index (χ0v) is 19.7. The maximum atomic E-state index is 13.2. The highest BCUT2D eigenvalue weighted by molar-refractivity contribution is 9.10. The second kappa shape index (κ2) is 11.2. The molecule has 3 aromatic rings. The average Bonchev–Trinajstić information content (AvgIpc) is 2.76. The van der Waals surface area contributed by atoms with E-state index in [2.05, 4.69) is 21.2 Å². The lowest BCUT2D eigenvalue weighted by atomic mass is 10.0. The van der Waals surface area contributed by atoms with E-state index in [1.165, 1.54) is 0 Å². The molecule has 7 heteroatoms. The number of carbonyl (C=O) groups is 1. The Balaban J connectivity index is 1.70. The third-order valence-electron chi connectivity index (χ3n) is 4.75. The van der Waals surface area contributed by atoms with E-state index in [0.717, 1.165) is 15.8 Å². The standard InChI is InChI=1S/C24H24BrClN2O3/c1-28(14-15-31-20-11-8-18(25)9-12-20)23(17-6-4-3-5-7-17)24(29)27-19-10-13-22(30-2)21(26)16-19/h3-13,16,23H,14-15H2,1-2H3,(H,27,29)/t23-/m1/s1. The molecule has 0 aromatic heterocycles. The van der Waals surface area contributed by atoms with E-state index in [-0.39, 0.29) is 5.91 Å². The van der Waals surface area contributed by atoms with Crippen LogP contribution < -0.4 is 14.8 Å². The van der Waals surface area contributed by atoms with Crippen molar-refractivity contribution >= 4 is 39.1 Å². The lowest BCUT2D eigenvalue weighted by Crippen LogP contribution is -2.37. The maximum Gasteiger partial charge on any atom is 0.246 e. The first kappa shape index (κ1) is 23.1. The summed E-state index contributed by atoms with van der Waals surface area (Å²) in [4.78, 5) is 15.2. The lowest BCUT2D eigenvalue weighted by Gasteiger charge is -2.27. The second-order valence-corrected chi connectivity index (χ2v) is 8.26. The molecule has 0 aliphatic carbocycles. The SMILES string of the molecule is COc1ccc(NC(=O)[C@@H](c2ccccc2)N(C)CCOc2ccc(Br)cc2)cc1Cl. The van der Waals surface area contributed by atoms with Crippen molar-refractivity contribution in [1.82, 2.24) is 4.90 Å². The van der Waals surface area contributed by atoms with E-state index in [4.69, 9.17) is 21.1 Å². The maximum absolute atomic E-state index is 13.2. The number of methoxy groups -OCH3 is 1. The first-order chi connectivity index (χ1) is 15.0. The molecular weight excluding hydrogens is 480 g/mol. The Hall–Kier alpha value is -2.54. The predicted molar refractivity (Wildman–Crippen MR) is 128 cm³/mol. The molecule has 1 atom stereocenters. The average molecular weight is 504 g/mol. The molecule has 0 fully saturated rings. The van der Waals surface area contributed by atoms with Gasteiger partial charge in [0.05, 0.1) is 12.1 Å². The van der Waals surface area contributed by atoms with Crippen molar-refractivity contribution in [2.24, 2.45) is 0 Å². The van der Waals surface area contributed by atoms with Gasteiger partial charge in [-0.3, -0.25) is 9.69 Å². The minimum Gasteiger partial charge on any atom is -0.495 e. The molecule has 31 heavy (non-hydrogen) atoms. The highest BCUT2D eigenvalue weighted by Crippen LogP contribution is 2.28. The number of likely N-dealkylation sites (N-methyl/N-ethyl adjacent to an activating group) is 1. The summed E-state index contributed by atoms with van der Waals surface area (Å²) in [7, 11) is 3.46. The van der Waals surface area contributed by atoms with Crippen LogP contribution >= 0.6 is 27.5 Å². The molecule has 5 nitrogen and oxygen atoms in total. The van der Waals surface area contributed by atoms with Crippen molar-refractivity contribution in [3.63, 3.8) is 0 Å². The van der Waals surface area contributed by atoms with Crippen molar-refractivity contribution in [2.45, 2.75) is 6.04 Å². The summed E-state index contributed by atoms with van der Waals surface area (Å²) in [6.45, 7) is 1.01. The molecule has 3 rings (SSSR count). The van der Waals surface area contributed by atoms with Gasteiger partial charge in [0.2, 0.25) is 5.91 Å². The van der Waals surface area contributed by atoms with Crippen LogP contribution in [0.4, 0.5) is 5.69 Å². The van der Waals surface area contributed by atoms with E-state index in [9.17, 15) is 4.79 Å².